The molecule has 0 aromatic heterocycles. The van der Waals surface area contributed by atoms with Crippen LogP contribution in [0.1, 0.15) is 16.7 Å². The van der Waals surface area contributed by atoms with Crippen LogP contribution in [0.5, 0.6) is 0 Å². The van der Waals surface area contributed by atoms with E-state index in [0.29, 0.717) is 10.7 Å². The van der Waals surface area contributed by atoms with Crippen LogP contribution in [0.15, 0.2) is 60.1 Å². The Bertz CT molecular complexity index is 809. The Labute approximate surface area is 177 Å². The maximum absolute atomic E-state index is 5.95. The van der Waals surface area contributed by atoms with Crippen molar-refractivity contribution < 1.29 is 0 Å². The van der Waals surface area contributed by atoms with Gasteiger partial charge in [-0.2, -0.15) is 0 Å². The first-order chi connectivity index (χ1) is 13.5. The van der Waals surface area contributed by atoms with Crippen LogP contribution >= 0.6 is 23.5 Å². The number of aryl methyl sites for hydroxylation is 1. The number of halogens is 1. The predicted molar refractivity (Wildman–Crippen MR) is 123 cm³/mol. The zero-order chi connectivity index (χ0) is 19.9. The second-order valence-electron chi connectivity index (χ2n) is 7.03. The fraction of sp³-hybridized carbons (Fsp3) is 0.318. The number of nitrogens with two attached hydrogens (primary N) is 1. The Morgan fingerprint density at radius 2 is 1.71 bits per heavy atom. The van der Waals surface area contributed by atoms with Gasteiger partial charge in [0.15, 0.2) is 5.17 Å². The van der Waals surface area contributed by atoms with Crippen molar-refractivity contribution in [2.45, 2.75) is 13.3 Å². The van der Waals surface area contributed by atoms with Gasteiger partial charge in [-0.15, -0.1) is 0 Å². The molecule has 0 unspecified atom stereocenters. The third kappa shape index (κ3) is 5.85. The lowest BCUT2D eigenvalue weighted by Crippen LogP contribution is -2.48. The third-order valence-corrected chi connectivity index (χ3v) is 5.81. The average molecular weight is 415 g/mol. The number of rotatable bonds is 5. The molecule has 148 valence electrons. The van der Waals surface area contributed by atoms with Gasteiger partial charge in [0.25, 0.3) is 0 Å². The van der Waals surface area contributed by atoms with Crippen molar-refractivity contribution in [2.24, 2.45) is 10.1 Å². The molecule has 6 heteroatoms. The van der Waals surface area contributed by atoms with Crippen LogP contribution < -0.4 is 5.14 Å². The van der Waals surface area contributed by atoms with E-state index in [-0.39, 0.29) is 0 Å². The zero-order valence-electron chi connectivity index (χ0n) is 16.3. The third-order valence-electron chi connectivity index (χ3n) is 4.99. The highest BCUT2D eigenvalue weighted by Gasteiger charge is 2.20. The van der Waals surface area contributed by atoms with Crippen molar-refractivity contribution in [1.29, 1.82) is 0 Å². The van der Waals surface area contributed by atoms with Crippen molar-refractivity contribution in [2.75, 3.05) is 32.7 Å². The van der Waals surface area contributed by atoms with E-state index in [2.05, 4.69) is 52.6 Å². The van der Waals surface area contributed by atoms with Crippen LogP contribution in [0.3, 0.4) is 0 Å². The lowest BCUT2D eigenvalue weighted by Gasteiger charge is -2.35. The molecule has 0 radical (unpaired) electrons. The molecular formula is C22H27ClN4S. The second kappa shape index (κ2) is 10.1. The molecule has 1 aliphatic rings. The summed E-state index contributed by atoms with van der Waals surface area (Å²) in [5, 5.41) is 7.43. The number of benzene rings is 2. The molecule has 0 bridgehead atoms. The van der Waals surface area contributed by atoms with Crippen LogP contribution in [0.25, 0.3) is 5.70 Å². The Morgan fingerprint density at radius 1 is 1.07 bits per heavy atom. The number of hydrogen-bond donors (Lipinski definition) is 1. The lowest BCUT2D eigenvalue weighted by molar-refractivity contribution is 0.186. The number of amidine groups is 1. The molecule has 0 spiro atoms. The van der Waals surface area contributed by atoms with Gasteiger partial charge in [0.1, 0.15) is 0 Å². The number of piperazine rings is 1. The van der Waals surface area contributed by atoms with Crippen LogP contribution in [-0.4, -0.2) is 47.7 Å². The fourth-order valence-electron chi connectivity index (χ4n) is 3.20. The molecule has 0 atom stereocenters. The minimum Gasteiger partial charge on any atom is -0.348 e. The standard InChI is InChI=1S/C22H27ClN4S/c1-17-3-5-19(6-4-17)11-12-26-13-15-27(16-14-26)22(28-24)25-18(2)20-7-9-21(23)10-8-20/h3-10H,2,11-16,24H2,1H3. The molecule has 0 saturated carbocycles. The summed E-state index contributed by atoms with van der Waals surface area (Å²) in [4.78, 5) is 9.42. The van der Waals surface area contributed by atoms with Crippen molar-refractivity contribution >= 4 is 34.4 Å². The molecule has 0 aliphatic carbocycles. The van der Waals surface area contributed by atoms with Crippen LogP contribution in [0, 0.1) is 6.92 Å². The largest absolute Gasteiger partial charge is 0.348 e. The van der Waals surface area contributed by atoms with Crippen LogP contribution in [0.2, 0.25) is 5.02 Å². The Hall–Kier alpha value is -1.79. The van der Waals surface area contributed by atoms with Gasteiger partial charge in [0.05, 0.1) is 5.70 Å². The molecule has 0 amide bonds. The summed E-state index contributed by atoms with van der Waals surface area (Å²) in [5.41, 5.74) is 4.36. The van der Waals surface area contributed by atoms with Gasteiger partial charge in [-0.3, -0.25) is 10.0 Å². The Kier molecular flexibility index (Phi) is 7.57. The maximum atomic E-state index is 5.95. The van der Waals surface area contributed by atoms with Gasteiger partial charge in [-0.1, -0.05) is 60.1 Å². The van der Waals surface area contributed by atoms with E-state index >= 15 is 0 Å². The highest BCUT2D eigenvalue weighted by molar-refractivity contribution is 8.11. The highest BCUT2D eigenvalue weighted by atomic mass is 35.5. The first-order valence-corrected chi connectivity index (χ1v) is 10.7. The number of hydrogen-bond acceptors (Lipinski definition) is 4. The lowest BCUT2D eigenvalue weighted by atomic mass is 10.1. The molecule has 28 heavy (non-hydrogen) atoms. The highest BCUT2D eigenvalue weighted by Crippen LogP contribution is 2.19. The molecule has 4 nitrogen and oxygen atoms in total. The molecule has 1 heterocycles. The van der Waals surface area contributed by atoms with E-state index in [1.807, 2.05) is 24.3 Å². The van der Waals surface area contributed by atoms with Crippen molar-refractivity contribution in [3.63, 3.8) is 0 Å². The molecule has 2 N–H and O–H groups in total. The normalized spacial score (nSPS) is 15.7. The zero-order valence-corrected chi connectivity index (χ0v) is 17.8. The van der Waals surface area contributed by atoms with E-state index in [0.717, 1.165) is 49.9 Å². The number of aliphatic imine (C=N–C) groups is 1. The topological polar surface area (TPSA) is 44.9 Å². The molecular weight excluding hydrogens is 388 g/mol. The summed E-state index contributed by atoms with van der Waals surface area (Å²) >= 11 is 7.14. The van der Waals surface area contributed by atoms with Gasteiger partial charge < -0.3 is 4.90 Å². The quantitative estimate of drug-likeness (QED) is 0.446. The van der Waals surface area contributed by atoms with Crippen LogP contribution in [-0.2, 0) is 6.42 Å². The summed E-state index contributed by atoms with van der Waals surface area (Å²) in [7, 11) is 0. The molecule has 1 fully saturated rings. The monoisotopic (exact) mass is 414 g/mol. The van der Waals surface area contributed by atoms with E-state index in [4.69, 9.17) is 16.7 Å². The predicted octanol–water partition coefficient (Wildman–Crippen LogP) is 4.44. The van der Waals surface area contributed by atoms with E-state index in [1.54, 1.807) is 0 Å². The smallest absolute Gasteiger partial charge is 0.179 e. The second-order valence-corrected chi connectivity index (χ2v) is 8.07. The molecule has 1 aliphatic heterocycles. The molecule has 1 saturated heterocycles. The minimum atomic E-state index is 0.700. The molecule has 2 aromatic carbocycles. The first kappa shape index (κ1) is 20.9. The summed E-state index contributed by atoms with van der Waals surface area (Å²) in [6.07, 6.45) is 1.08. The van der Waals surface area contributed by atoms with E-state index < -0.39 is 0 Å². The van der Waals surface area contributed by atoms with Crippen molar-refractivity contribution in [3.05, 3.63) is 76.8 Å². The Morgan fingerprint density at radius 3 is 2.32 bits per heavy atom. The van der Waals surface area contributed by atoms with Gasteiger partial charge in [-0.05, 0) is 48.6 Å². The summed E-state index contributed by atoms with van der Waals surface area (Å²) < 4.78 is 0. The molecule has 3 rings (SSSR count). The van der Waals surface area contributed by atoms with E-state index in [9.17, 15) is 0 Å². The fourth-order valence-corrected chi connectivity index (χ4v) is 3.82. The molecule has 2 aromatic rings. The average Bonchev–Trinajstić information content (AvgIpc) is 2.72. The summed E-state index contributed by atoms with van der Waals surface area (Å²) in [6, 6.07) is 16.4. The minimum absolute atomic E-state index is 0.700. The summed E-state index contributed by atoms with van der Waals surface area (Å²) in [5.74, 6) is 0. The van der Waals surface area contributed by atoms with Crippen molar-refractivity contribution in [3.8, 4) is 0 Å². The Balaban J connectivity index is 1.52. The van der Waals surface area contributed by atoms with Gasteiger partial charge in [-0.25, -0.2) is 4.99 Å². The first-order valence-electron chi connectivity index (χ1n) is 9.48. The van der Waals surface area contributed by atoms with Gasteiger partial charge in [0, 0.05) is 37.7 Å². The number of nitrogens with zero attached hydrogens (tertiary/aromatic N) is 3. The SMILES string of the molecule is C=C(N=C(SN)N1CCN(CCc2ccc(C)cc2)CC1)c1ccc(Cl)cc1. The van der Waals surface area contributed by atoms with Crippen LogP contribution in [0.4, 0.5) is 0 Å². The maximum Gasteiger partial charge on any atom is 0.179 e. The van der Waals surface area contributed by atoms with Gasteiger partial charge in [0.2, 0.25) is 0 Å². The van der Waals surface area contributed by atoms with Crippen molar-refractivity contribution in [1.82, 2.24) is 9.80 Å². The summed E-state index contributed by atoms with van der Waals surface area (Å²) in [6.45, 7) is 11.2. The van der Waals surface area contributed by atoms with Gasteiger partial charge >= 0.3 is 0 Å². The van der Waals surface area contributed by atoms with E-state index in [1.165, 1.54) is 23.1 Å².